The molecule has 2 aromatic carbocycles. The SMILES string of the molecule is OCCCn1c(COc2ccc(Cl)cc2)nc2cc(Cl)c(Cl)cc21. The first-order valence-electron chi connectivity index (χ1n) is 7.42. The molecule has 4 nitrogen and oxygen atoms in total. The lowest BCUT2D eigenvalue weighted by molar-refractivity contribution is 0.269. The van der Waals surface area contributed by atoms with Crippen LogP contribution in [0, 0.1) is 0 Å². The Morgan fingerprint density at radius 3 is 2.46 bits per heavy atom. The normalized spacial score (nSPS) is 11.2. The maximum absolute atomic E-state index is 9.14. The molecule has 0 fully saturated rings. The predicted molar refractivity (Wildman–Crippen MR) is 97.2 cm³/mol. The van der Waals surface area contributed by atoms with Gasteiger partial charge in [0.05, 0.1) is 21.1 Å². The quantitative estimate of drug-likeness (QED) is 0.652. The van der Waals surface area contributed by atoms with E-state index in [9.17, 15) is 0 Å². The predicted octanol–water partition coefficient (Wildman–Crippen LogP) is 4.96. The van der Waals surface area contributed by atoms with Crippen molar-refractivity contribution in [3.8, 4) is 5.75 Å². The number of rotatable bonds is 6. The molecule has 24 heavy (non-hydrogen) atoms. The fourth-order valence-electron chi connectivity index (χ4n) is 2.44. The molecule has 7 heteroatoms. The second kappa shape index (κ2) is 7.62. The van der Waals surface area contributed by atoms with E-state index in [1.807, 2.05) is 4.57 Å². The van der Waals surface area contributed by atoms with Crippen LogP contribution in [0.15, 0.2) is 36.4 Å². The zero-order valence-corrected chi connectivity index (χ0v) is 14.9. The summed E-state index contributed by atoms with van der Waals surface area (Å²) in [5.74, 6) is 1.45. The maximum atomic E-state index is 9.14. The van der Waals surface area contributed by atoms with Crippen LogP contribution in [0.4, 0.5) is 0 Å². The van der Waals surface area contributed by atoms with Crippen molar-refractivity contribution in [1.82, 2.24) is 9.55 Å². The Kier molecular flexibility index (Phi) is 5.51. The van der Waals surface area contributed by atoms with Crippen LogP contribution in [-0.2, 0) is 13.2 Å². The summed E-state index contributed by atoms with van der Waals surface area (Å²) in [7, 11) is 0. The summed E-state index contributed by atoms with van der Waals surface area (Å²) >= 11 is 18.1. The van der Waals surface area contributed by atoms with E-state index in [0.717, 1.165) is 16.9 Å². The molecule has 0 radical (unpaired) electrons. The highest BCUT2D eigenvalue weighted by Crippen LogP contribution is 2.29. The molecule has 0 spiro atoms. The van der Waals surface area contributed by atoms with Gasteiger partial charge in [-0.1, -0.05) is 34.8 Å². The highest BCUT2D eigenvalue weighted by atomic mass is 35.5. The molecule has 1 aromatic heterocycles. The third-order valence-corrected chi connectivity index (χ3v) is 4.56. The first-order valence-corrected chi connectivity index (χ1v) is 8.55. The fraction of sp³-hybridized carbons (Fsp3) is 0.235. The Hall–Kier alpha value is -1.46. The van der Waals surface area contributed by atoms with Crippen LogP contribution in [0.2, 0.25) is 15.1 Å². The standard InChI is InChI=1S/C17H15Cl3N2O2/c18-11-2-4-12(5-3-11)24-10-17-21-15-8-13(19)14(20)9-16(15)22(17)6-1-7-23/h2-5,8-9,23H,1,6-7,10H2. The van der Waals surface area contributed by atoms with Crippen LogP contribution >= 0.6 is 34.8 Å². The van der Waals surface area contributed by atoms with E-state index in [0.29, 0.717) is 33.8 Å². The molecular formula is C17H15Cl3N2O2. The van der Waals surface area contributed by atoms with Crippen molar-refractivity contribution in [2.75, 3.05) is 6.61 Å². The largest absolute Gasteiger partial charge is 0.486 e. The van der Waals surface area contributed by atoms with Gasteiger partial charge in [0, 0.05) is 18.2 Å². The molecule has 0 aliphatic rings. The second-order valence-electron chi connectivity index (χ2n) is 5.25. The number of fused-ring (bicyclic) bond motifs is 1. The van der Waals surface area contributed by atoms with Crippen molar-refractivity contribution in [3.63, 3.8) is 0 Å². The average molecular weight is 386 g/mol. The number of aryl methyl sites for hydroxylation is 1. The number of imidazole rings is 1. The molecule has 0 aliphatic heterocycles. The number of hydrogen-bond donors (Lipinski definition) is 1. The first-order chi connectivity index (χ1) is 11.6. The highest BCUT2D eigenvalue weighted by molar-refractivity contribution is 6.42. The molecule has 0 atom stereocenters. The number of halogens is 3. The van der Waals surface area contributed by atoms with Gasteiger partial charge >= 0.3 is 0 Å². The molecule has 1 N–H and O–H groups in total. The van der Waals surface area contributed by atoms with E-state index < -0.39 is 0 Å². The van der Waals surface area contributed by atoms with Gasteiger partial charge in [-0.3, -0.25) is 0 Å². The molecule has 0 saturated carbocycles. The summed E-state index contributed by atoms with van der Waals surface area (Å²) in [6.45, 7) is 1.000. The highest BCUT2D eigenvalue weighted by Gasteiger charge is 2.13. The summed E-state index contributed by atoms with van der Waals surface area (Å²) in [6.07, 6.45) is 0.611. The lowest BCUT2D eigenvalue weighted by atomic mass is 10.3. The molecule has 3 rings (SSSR count). The van der Waals surface area contributed by atoms with Gasteiger partial charge in [-0.2, -0.15) is 0 Å². The summed E-state index contributed by atoms with van der Waals surface area (Å²) in [4.78, 5) is 4.59. The molecule has 0 saturated heterocycles. The van der Waals surface area contributed by atoms with Crippen molar-refractivity contribution in [3.05, 3.63) is 57.3 Å². The van der Waals surface area contributed by atoms with Crippen LogP contribution < -0.4 is 4.74 Å². The fourth-order valence-corrected chi connectivity index (χ4v) is 2.88. The molecule has 0 amide bonds. The van der Waals surface area contributed by atoms with Crippen molar-refractivity contribution in [2.24, 2.45) is 0 Å². The lowest BCUT2D eigenvalue weighted by Crippen LogP contribution is -2.08. The van der Waals surface area contributed by atoms with E-state index in [2.05, 4.69) is 4.98 Å². The summed E-state index contributed by atoms with van der Waals surface area (Å²) in [6, 6.07) is 10.7. The summed E-state index contributed by atoms with van der Waals surface area (Å²) in [5, 5.41) is 10.7. The van der Waals surface area contributed by atoms with Crippen LogP contribution in [0.25, 0.3) is 11.0 Å². The van der Waals surface area contributed by atoms with E-state index >= 15 is 0 Å². The minimum atomic E-state index is 0.0957. The Balaban J connectivity index is 1.91. The molecule has 0 bridgehead atoms. The second-order valence-corrected chi connectivity index (χ2v) is 6.51. The van der Waals surface area contributed by atoms with Crippen molar-refractivity contribution in [2.45, 2.75) is 19.6 Å². The maximum Gasteiger partial charge on any atom is 0.148 e. The smallest absolute Gasteiger partial charge is 0.148 e. The number of aromatic nitrogens is 2. The van der Waals surface area contributed by atoms with E-state index in [4.69, 9.17) is 44.6 Å². The molecule has 0 unspecified atom stereocenters. The molecule has 0 aliphatic carbocycles. The van der Waals surface area contributed by atoms with Gasteiger partial charge in [-0.15, -0.1) is 0 Å². The summed E-state index contributed by atoms with van der Waals surface area (Å²) in [5.41, 5.74) is 1.62. The number of aliphatic hydroxyl groups is 1. The van der Waals surface area contributed by atoms with Gasteiger partial charge in [0.2, 0.25) is 0 Å². The number of hydrogen-bond acceptors (Lipinski definition) is 3. The number of ether oxygens (including phenoxy) is 1. The molecule has 3 aromatic rings. The van der Waals surface area contributed by atoms with Crippen molar-refractivity contribution < 1.29 is 9.84 Å². The number of nitrogens with zero attached hydrogens (tertiary/aromatic N) is 2. The van der Waals surface area contributed by atoms with Gasteiger partial charge in [-0.05, 0) is 42.8 Å². The molecular weight excluding hydrogens is 371 g/mol. The third-order valence-electron chi connectivity index (χ3n) is 3.59. The van der Waals surface area contributed by atoms with E-state index in [-0.39, 0.29) is 13.2 Å². The average Bonchev–Trinajstić information content (AvgIpc) is 2.89. The van der Waals surface area contributed by atoms with Gasteiger partial charge in [-0.25, -0.2) is 4.98 Å². The topological polar surface area (TPSA) is 47.3 Å². The Labute approximate surface area is 154 Å². The van der Waals surface area contributed by atoms with Crippen molar-refractivity contribution in [1.29, 1.82) is 0 Å². The monoisotopic (exact) mass is 384 g/mol. The number of benzene rings is 2. The van der Waals surface area contributed by atoms with Gasteiger partial charge in [0.25, 0.3) is 0 Å². The van der Waals surface area contributed by atoms with Crippen molar-refractivity contribution >= 4 is 45.8 Å². The van der Waals surface area contributed by atoms with E-state index in [1.165, 1.54) is 0 Å². The van der Waals surface area contributed by atoms with Crippen LogP contribution in [0.3, 0.4) is 0 Å². The third kappa shape index (κ3) is 3.78. The summed E-state index contributed by atoms with van der Waals surface area (Å²) < 4.78 is 7.78. The minimum absolute atomic E-state index is 0.0957. The van der Waals surface area contributed by atoms with Gasteiger partial charge in [0.1, 0.15) is 18.2 Å². The Morgan fingerprint density at radius 1 is 1.04 bits per heavy atom. The van der Waals surface area contributed by atoms with E-state index in [1.54, 1.807) is 36.4 Å². The first kappa shape index (κ1) is 17.4. The number of aliphatic hydroxyl groups excluding tert-OH is 1. The lowest BCUT2D eigenvalue weighted by Gasteiger charge is -2.10. The Bertz CT molecular complexity index is 847. The van der Waals surface area contributed by atoms with Gasteiger partial charge in [0.15, 0.2) is 0 Å². The Morgan fingerprint density at radius 2 is 1.75 bits per heavy atom. The zero-order valence-electron chi connectivity index (χ0n) is 12.7. The van der Waals surface area contributed by atoms with Crippen LogP contribution in [0.1, 0.15) is 12.2 Å². The molecule has 1 heterocycles. The minimum Gasteiger partial charge on any atom is -0.486 e. The van der Waals surface area contributed by atoms with Crippen LogP contribution in [-0.4, -0.2) is 21.3 Å². The zero-order chi connectivity index (χ0) is 17.1. The molecule has 126 valence electrons. The van der Waals surface area contributed by atoms with Crippen LogP contribution in [0.5, 0.6) is 5.75 Å². The van der Waals surface area contributed by atoms with Gasteiger partial charge < -0.3 is 14.4 Å².